The number of halogens is 2. The molecule has 0 amide bonds. The van der Waals surface area contributed by atoms with E-state index in [2.05, 4.69) is 58.1 Å². The molecule has 0 bridgehead atoms. The van der Waals surface area contributed by atoms with Crippen molar-refractivity contribution in [3.63, 3.8) is 0 Å². The van der Waals surface area contributed by atoms with Gasteiger partial charge >= 0.3 is 0 Å². The van der Waals surface area contributed by atoms with Gasteiger partial charge in [0.15, 0.2) is 0 Å². The van der Waals surface area contributed by atoms with Crippen LogP contribution in [0.1, 0.15) is 19.4 Å². The van der Waals surface area contributed by atoms with Crippen molar-refractivity contribution in [1.82, 2.24) is 19.7 Å². The van der Waals surface area contributed by atoms with Crippen molar-refractivity contribution < 1.29 is 8.78 Å². The zero-order valence-electron chi connectivity index (χ0n) is 17.4. The van der Waals surface area contributed by atoms with Gasteiger partial charge in [-0.2, -0.15) is 4.98 Å². The SMILES string of the molecule is Cc1cc(Nc2ncn(-c3cc(F)cc(F)c3)n2)cc(N2CCN(C(C)C)CC2)c1. The van der Waals surface area contributed by atoms with Gasteiger partial charge in [0.1, 0.15) is 18.0 Å². The molecule has 158 valence electrons. The molecule has 2 heterocycles. The summed E-state index contributed by atoms with van der Waals surface area (Å²) in [6.45, 7) is 10.6. The molecule has 1 aromatic heterocycles. The Morgan fingerprint density at radius 1 is 0.900 bits per heavy atom. The number of hydrogen-bond donors (Lipinski definition) is 1. The predicted octanol–water partition coefficient (Wildman–Crippen LogP) is 4.13. The second kappa shape index (κ2) is 8.39. The lowest BCUT2D eigenvalue weighted by Crippen LogP contribution is -2.48. The summed E-state index contributed by atoms with van der Waals surface area (Å²) in [7, 11) is 0. The molecule has 1 aliphatic rings. The largest absolute Gasteiger partial charge is 0.369 e. The fourth-order valence-corrected chi connectivity index (χ4v) is 3.76. The van der Waals surface area contributed by atoms with Gasteiger partial charge in [0.2, 0.25) is 5.95 Å². The lowest BCUT2D eigenvalue weighted by Gasteiger charge is -2.38. The minimum absolute atomic E-state index is 0.279. The van der Waals surface area contributed by atoms with E-state index in [-0.39, 0.29) is 5.69 Å². The average molecular weight is 412 g/mol. The molecule has 2 aromatic carbocycles. The van der Waals surface area contributed by atoms with Crippen LogP contribution in [0.15, 0.2) is 42.7 Å². The van der Waals surface area contributed by atoms with E-state index >= 15 is 0 Å². The van der Waals surface area contributed by atoms with Crippen molar-refractivity contribution in [3.05, 3.63) is 59.9 Å². The van der Waals surface area contributed by atoms with E-state index in [1.165, 1.54) is 23.1 Å². The summed E-state index contributed by atoms with van der Waals surface area (Å²) in [5.41, 5.74) is 3.45. The molecule has 3 aromatic rings. The number of benzene rings is 2. The van der Waals surface area contributed by atoms with Crippen LogP contribution in [0.4, 0.5) is 26.1 Å². The smallest absolute Gasteiger partial charge is 0.246 e. The van der Waals surface area contributed by atoms with Crippen molar-refractivity contribution >= 4 is 17.3 Å². The minimum atomic E-state index is -0.657. The van der Waals surface area contributed by atoms with Gasteiger partial charge in [-0.05, 0) is 56.7 Å². The molecule has 0 aliphatic carbocycles. The fraction of sp³-hybridized carbons (Fsp3) is 0.364. The summed E-state index contributed by atoms with van der Waals surface area (Å²) in [4.78, 5) is 9.09. The monoisotopic (exact) mass is 412 g/mol. The Labute approximate surface area is 175 Å². The van der Waals surface area contributed by atoms with Gasteiger partial charge in [-0.15, -0.1) is 5.10 Å². The van der Waals surface area contributed by atoms with Crippen LogP contribution in [0.25, 0.3) is 5.69 Å². The summed E-state index contributed by atoms with van der Waals surface area (Å²) in [6.07, 6.45) is 1.43. The third-order valence-electron chi connectivity index (χ3n) is 5.33. The third-order valence-corrected chi connectivity index (χ3v) is 5.33. The Kier molecular flexibility index (Phi) is 5.67. The van der Waals surface area contributed by atoms with Crippen LogP contribution in [0.5, 0.6) is 0 Å². The van der Waals surface area contributed by atoms with Crippen molar-refractivity contribution in [2.45, 2.75) is 26.8 Å². The number of aromatic nitrogens is 3. The molecule has 0 saturated carbocycles. The van der Waals surface area contributed by atoms with Gasteiger partial charge in [-0.1, -0.05) is 0 Å². The van der Waals surface area contributed by atoms with Crippen LogP contribution in [0.2, 0.25) is 0 Å². The molecular formula is C22H26F2N6. The van der Waals surface area contributed by atoms with Gasteiger partial charge < -0.3 is 10.2 Å². The Hall–Kier alpha value is -3.00. The summed E-state index contributed by atoms with van der Waals surface area (Å²) < 4.78 is 28.3. The quantitative estimate of drug-likeness (QED) is 0.683. The molecule has 1 N–H and O–H groups in total. The number of hydrogen-bond acceptors (Lipinski definition) is 5. The summed E-state index contributed by atoms with van der Waals surface area (Å²) in [5.74, 6) is -0.951. The summed E-state index contributed by atoms with van der Waals surface area (Å²) in [6, 6.07) is 10.1. The van der Waals surface area contributed by atoms with E-state index < -0.39 is 11.6 Å². The molecule has 6 nitrogen and oxygen atoms in total. The van der Waals surface area contributed by atoms with Gasteiger partial charge in [-0.25, -0.2) is 13.5 Å². The first-order valence-electron chi connectivity index (χ1n) is 10.1. The van der Waals surface area contributed by atoms with Gasteiger partial charge in [0, 0.05) is 49.7 Å². The molecule has 8 heteroatoms. The topological polar surface area (TPSA) is 49.2 Å². The molecule has 1 aliphatic heterocycles. The van der Waals surface area contributed by atoms with Crippen LogP contribution < -0.4 is 10.2 Å². The van der Waals surface area contributed by atoms with Crippen molar-refractivity contribution in [2.24, 2.45) is 0 Å². The summed E-state index contributed by atoms with van der Waals surface area (Å²) in [5, 5.41) is 7.50. The average Bonchev–Trinajstić information content (AvgIpc) is 3.15. The molecule has 0 radical (unpaired) electrons. The zero-order chi connectivity index (χ0) is 21.3. The van der Waals surface area contributed by atoms with Crippen molar-refractivity contribution in [2.75, 3.05) is 36.4 Å². The molecular weight excluding hydrogens is 386 g/mol. The maximum Gasteiger partial charge on any atom is 0.246 e. The zero-order valence-corrected chi connectivity index (χ0v) is 17.4. The Morgan fingerprint density at radius 2 is 1.60 bits per heavy atom. The van der Waals surface area contributed by atoms with Crippen LogP contribution in [0.3, 0.4) is 0 Å². The first-order valence-corrected chi connectivity index (χ1v) is 10.1. The highest BCUT2D eigenvalue weighted by Crippen LogP contribution is 2.25. The number of piperazine rings is 1. The maximum atomic E-state index is 13.5. The lowest BCUT2D eigenvalue weighted by atomic mass is 10.1. The maximum absolute atomic E-state index is 13.5. The van der Waals surface area contributed by atoms with Crippen LogP contribution in [-0.2, 0) is 0 Å². The number of rotatable bonds is 5. The predicted molar refractivity (Wildman–Crippen MR) is 115 cm³/mol. The highest BCUT2D eigenvalue weighted by molar-refractivity contribution is 5.64. The number of anilines is 3. The molecule has 0 spiro atoms. The van der Waals surface area contributed by atoms with E-state index in [0.717, 1.165) is 49.2 Å². The number of nitrogens with zero attached hydrogens (tertiary/aromatic N) is 5. The minimum Gasteiger partial charge on any atom is -0.369 e. The van der Waals surface area contributed by atoms with E-state index in [1.807, 2.05) is 6.07 Å². The Morgan fingerprint density at radius 3 is 2.27 bits per heavy atom. The molecule has 30 heavy (non-hydrogen) atoms. The molecule has 1 fully saturated rings. The van der Waals surface area contributed by atoms with E-state index in [1.54, 1.807) is 0 Å². The second-order valence-electron chi connectivity index (χ2n) is 7.94. The van der Waals surface area contributed by atoms with Gasteiger partial charge in [-0.3, -0.25) is 4.90 Å². The standard InChI is InChI=1S/C22H26F2N6/c1-15(2)28-4-6-29(7-5-28)20-9-16(3)8-19(13-20)26-22-25-14-30(27-22)21-11-17(23)10-18(24)12-21/h8-15H,4-7H2,1-3H3,(H,26,27). The second-order valence-corrected chi connectivity index (χ2v) is 7.94. The van der Waals surface area contributed by atoms with Gasteiger partial charge in [0.05, 0.1) is 5.69 Å². The van der Waals surface area contributed by atoms with Crippen LogP contribution in [0, 0.1) is 18.6 Å². The Bertz CT molecular complexity index is 1000. The molecule has 0 atom stereocenters. The van der Waals surface area contributed by atoms with Crippen molar-refractivity contribution in [3.8, 4) is 5.69 Å². The first-order chi connectivity index (χ1) is 14.4. The van der Waals surface area contributed by atoms with Gasteiger partial charge in [0.25, 0.3) is 0 Å². The number of aryl methyl sites for hydroxylation is 1. The highest BCUT2D eigenvalue weighted by Gasteiger charge is 2.19. The fourth-order valence-electron chi connectivity index (χ4n) is 3.76. The lowest BCUT2D eigenvalue weighted by molar-refractivity contribution is 0.209. The van der Waals surface area contributed by atoms with E-state index in [0.29, 0.717) is 12.0 Å². The molecule has 1 saturated heterocycles. The van der Waals surface area contributed by atoms with Crippen molar-refractivity contribution in [1.29, 1.82) is 0 Å². The molecule has 4 rings (SSSR count). The number of nitrogens with one attached hydrogen (secondary N) is 1. The molecule has 0 unspecified atom stereocenters. The first kappa shape index (κ1) is 20.3. The van der Waals surface area contributed by atoms with Crippen LogP contribution >= 0.6 is 0 Å². The normalized spacial score (nSPS) is 15.1. The van der Waals surface area contributed by atoms with E-state index in [4.69, 9.17) is 0 Å². The highest BCUT2D eigenvalue weighted by atomic mass is 19.1. The van der Waals surface area contributed by atoms with Crippen LogP contribution in [-0.4, -0.2) is 51.9 Å². The summed E-state index contributed by atoms with van der Waals surface area (Å²) >= 11 is 0. The third kappa shape index (κ3) is 4.59. The Balaban J connectivity index is 1.50. The van der Waals surface area contributed by atoms with E-state index in [9.17, 15) is 8.78 Å².